The van der Waals surface area contributed by atoms with Gasteiger partial charge in [0.05, 0.1) is 6.10 Å². The number of hydrogen-bond donors (Lipinski definition) is 2. The summed E-state index contributed by atoms with van der Waals surface area (Å²) in [6, 6.07) is 8.27. The van der Waals surface area contributed by atoms with Gasteiger partial charge in [-0.05, 0) is 35.9 Å². The van der Waals surface area contributed by atoms with Gasteiger partial charge in [0.25, 0.3) is 0 Å². The number of aliphatic hydroxyl groups is 1. The van der Waals surface area contributed by atoms with Crippen molar-refractivity contribution in [1.82, 2.24) is 0 Å². The molecule has 1 rings (SSSR count). The van der Waals surface area contributed by atoms with Gasteiger partial charge >= 0.3 is 0 Å². The van der Waals surface area contributed by atoms with E-state index in [1.807, 2.05) is 12.1 Å². The van der Waals surface area contributed by atoms with Crippen molar-refractivity contribution in [1.29, 1.82) is 0 Å². The lowest BCUT2D eigenvalue weighted by molar-refractivity contribution is 0.0994. The van der Waals surface area contributed by atoms with Crippen LogP contribution in [0.2, 0.25) is 0 Å². The lowest BCUT2D eigenvalue weighted by Gasteiger charge is -2.23. The van der Waals surface area contributed by atoms with Gasteiger partial charge in [0.2, 0.25) is 0 Å². The molecule has 0 saturated carbocycles. The smallest absolute Gasteiger partial charge is 0.0830 e. The lowest BCUT2D eigenvalue weighted by atomic mass is 9.88. The first-order valence-corrected chi connectivity index (χ1v) is 6.93. The van der Waals surface area contributed by atoms with E-state index in [1.54, 1.807) is 0 Å². The molecule has 2 heteroatoms. The molecule has 0 amide bonds. The average Bonchev–Trinajstić information content (AvgIpc) is 2.35. The van der Waals surface area contributed by atoms with E-state index >= 15 is 0 Å². The van der Waals surface area contributed by atoms with E-state index in [0.29, 0.717) is 18.4 Å². The van der Waals surface area contributed by atoms with Gasteiger partial charge in [-0.2, -0.15) is 0 Å². The van der Waals surface area contributed by atoms with Crippen molar-refractivity contribution in [2.45, 2.75) is 46.1 Å². The summed E-state index contributed by atoms with van der Waals surface area (Å²) in [5, 5.41) is 10.4. The zero-order valence-electron chi connectivity index (χ0n) is 12.1. The highest BCUT2D eigenvalue weighted by Crippen LogP contribution is 2.27. The van der Waals surface area contributed by atoms with Crippen LogP contribution in [0, 0.1) is 11.8 Å². The minimum absolute atomic E-state index is 0.148. The third kappa shape index (κ3) is 4.11. The van der Waals surface area contributed by atoms with E-state index in [0.717, 1.165) is 12.0 Å². The number of benzene rings is 1. The van der Waals surface area contributed by atoms with E-state index in [2.05, 4.69) is 39.8 Å². The van der Waals surface area contributed by atoms with Crippen molar-refractivity contribution >= 4 is 0 Å². The van der Waals surface area contributed by atoms with Gasteiger partial charge < -0.3 is 10.8 Å². The maximum Gasteiger partial charge on any atom is 0.0830 e. The van der Waals surface area contributed by atoms with Gasteiger partial charge in [-0.15, -0.1) is 0 Å². The van der Waals surface area contributed by atoms with Crippen LogP contribution >= 0.6 is 0 Å². The summed E-state index contributed by atoms with van der Waals surface area (Å²) in [6.45, 7) is 9.21. The normalized spacial score (nSPS) is 15.1. The standard InChI is InChI=1S/C16H27NO/c1-11(2)9-15(10-17)16(18)14-7-5-13(6-8-14)12(3)4/h5-8,11-12,15-16,18H,9-10,17H2,1-4H3. The predicted molar refractivity (Wildman–Crippen MR) is 77.5 cm³/mol. The summed E-state index contributed by atoms with van der Waals surface area (Å²) in [7, 11) is 0. The van der Waals surface area contributed by atoms with Crippen LogP contribution in [0.1, 0.15) is 57.3 Å². The molecular weight excluding hydrogens is 222 g/mol. The Hall–Kier alpha value is -0.860. The van der Waals surface area contributed by atoms with Crippen molar-refractivity contribution in [2.24, 2.45) is 17.6 Å². The molecule has 1 aromatic rings. The molecule has 3 N–H and O–H groups in total. The summed E-state index contributed by atoms with van der Waals surface area (Å²) in [5.41, 5.74) is 8.06. The van der Waals surface area contributed by atoms with E-state index < -0.39 is 6.10 Å². The van der Waals surface area contributed by atoms with Crippen LogP contribution in [-0.2, 0) is 0 Å². The quantitative estimate of drug-likeness (QED) is 0.811. The maximum absolute atomic E-state index is 10.4. The molecule has 0 heterocycles. The molecule has 2 unspecified atom stereocenters. The largest absolute Gasteiger partial charge is 0.388 e. The van der Waals surface area contributed by atoms with Crippen molar-refractivity contribution in [3.63, 3.8) is 0 Å². The van der Waals surface area contributed by atoms with Crippen LogP contribution in [0.5, 0.6) is 0 Å². The first-order valence-electron chi connectivity index (χ1n) is 6.93. The molecule has 0 bridgehead atoms. The third-order valence-electron chi connectivity index (χ3n) is 3.47. The molecule has 0 aliphatic carbocycles. The molecule has 0 aromatic heterocycles. The molecule has 2 nitrogen and oxygen atoms in total. The molecule has 0 radical (unpaired) electrons. The molecule has 18 heavy (non-hydrogen) atoms. The first kappa shape index (κ1) is 15.2. The Kier molecular flexibility index (Phi) is 5.83. The fourth-order valence-corrected chi connectivity index (χ4v) is 2.31. The topological polar surface area (TPSA) is 46.2 Å². The highest BCUT2D eigenvalue weighted by Gasteiger charge is 2.20. The Morgan fingerprint density at radius 1 is 1.00 bits per heavy atom. The summed E-state index contributed by atoms with van der Waals surface area (Å²) in [5.74, 6) is 1.23. The number of rotatable bonds is 6. The summed E-state index contributed by atoms with van der Waals surface area (Å²) in [4.78, 5) is 0. The van der Waals surface area contributed by atoms with Crippen molar-refractivity contribution in [3.05, 3.63) is 35.4 Å². The minimum atomic E-state index is -0.446. The fourth-order valence-electron chi connectivity index (χ4n) is 2.31. The summed E-state index contributed by atoms with van der Waals surface area (Å²) < 4.78 is 0. The summed E-state index contributed by atoms with van der Waals surface area (Å²) in [6.07, 6.45) is 0.516. The predicted octanol–water partition coefficient (Wildman–Crippen LogP) is 3.46. The molecule has 102 valence electrons. The monoisotopic (exact) mass is 249 g/mol. The van der Waals surface area contributed by atoms with Gasteiger partial charge in [0, 0.05) is 5.92 Å². The zero-order valence-corrected chi connectivity index (χ0v) is 12.1. The van der Waals surface area contributed by atoms with Gasteiger partial charge in [-0.1, -0.05) is 52.0 Å². The fraction of sp³-hybridized carbons (Fsp3) is 0.625. The molecule has 0 fully saturated rings. The van der Waals surface area contributed by atoms with Gasteiger partial charge in [0.1, 0.15) is 0 Å². The molecule has 0 spiro atoms. The Bertz CT molecular complexity index is 343. The molecule has 0 saturated heterocycles. The molecule has 0 aliphatic heterocycles. The van der Waals surface area contributed by atoms with E-state index in [1.165, 1.54) is 5.56 Å². The van der Waals surface area contributed by atoms with Crippen molar-refractivity contribution in [3.8, 4) is 0 Å². The molecular formula is C16H27NO. The third-order valence-corrected chi connectivity index (χ3v) is 3.47. The number of aliphatic hydroxyl groups excluding tert-OH is 1. The Morgan fingerprint density at radius 3 is 1.89 bits per heavy atom. The van der Waals surface area contributed by atoms with Gasteiger partial charge in [0.15, 0.2) is 0 Å². The van der Waals surface area contributed by atoms with Gasteiger partial charge in [-0.3, -0.25) is 0 Å². The second-order valence-electron chi connectivity index (χ2n) is 5.89. The van der Waals surface area contributed by atoms with Crippen molar-refractivity contribution < 1.29 is 5.11 Å². The SMILES string of the molecule is CC(C)CC(CN)C(O)c1ccc(C(C)C)cc1. The number of nitrogens with two attached hydrogens (primary N) is 1. The van der Waals surface area contributed by atoms with Crippen LogP contribution in [-0.4, -0.2) is 11.7 Å². The number of hydrogen-bond acceptors (Lipinski definition) is 2. The molecule has 0 aliphatic rings. The Morgan fingerprint density at radius 2 is 1.50 bits per heavy atom. The molecule has 1 aromatic carbocycles. The van der Waals surface area contributed by atoms with Crippen molar-refractivity contribution in [2.75, 3.05) is 6.54 Å². The van der Waals surface area contributed by atoms with Crippen LogP contribution in [0.3, 0.4) is 0 Å². The van der Waals surface area contributed by atoms with Gasteiger partial charge in [-0.25, -0.2) is 0 Å². The lowest BCUT2D eigenvalue weighted by Crippen LogP contribution is -2.23. The van der Waals surface area contributed by atoms with Crippen LogP contribution in [0.4, 0.5) is 0 Å². The van der Waals surface area contributed by atoms with Crippen LogP contribution in [0.25, 0.3) is 0 Å². The highest BCUT2D eigenvalue weighted by molar-refractivity contribution is 5.26. The van der Waals surface area contributed by atoms with Crippen LogP contribution < -0.4 is 5.73 Å². The first-order chi connectivity index (χ1) is 8.45. The summed E-state index contributed by atoms with van der Waals surface area (Å²) >= 11 is 0. The van der Waals surface area contributed by atoms with E-state index in [-0.39, 0.29) is 5.92 Å². The minimum Gasteiger partial charge on any atom is -0.388 e. The Labute approximate surface area is 111 Å². The zero-order chi connectivity index (χ0) is 13.7. The Balaban J connectivity index is 2.78. The van der Waals surface area contributed by atoms with E-state index in [9.17, 15) is 5.11 Å². The maximum atomic E-state index is 10.4. The average molecular weight is 249 g/mol. The van der Waals surface area contributed by atoms with Crippen LogP contribution in [0.15, 0.2) is 24.3 Å². The van der Waals surface area contributed by atoms with E-state index in [4.69, 9.17) is 5.73 Å². The molecule has 2 atom stereocenters. The second kappa shape index (κ2) is 6.91. The highest BCUT2D eigenvalue weighted by atomic mass is 16.3. The second-order valence-corrected chi connectivity index (χ2v) is 5.89.